The number of carbonyl (C=O) groups excluding carboxylic acids is 1. The Labute approximate surface area is 186 Å². The van der Waals surface area contributed by atoms with Crippen LogP contribution in [0.5, 0.6) is 0 Å². The van der Waals surface area contributed by atoms with Crippen molar-refractivity contribution in [3.05, 3.63) is 0 Å². The van der Waals surface area contributed by atoms with Gasteiger partial charge in [-0.1, -0.05) is 0 Å². The summed E-state index contributed by atoms with van der Waals surface area (Å²) in [6.45, 7) is 14.6. The van der Waals surface area contributed by atoms with Crippen LogP contribution in [0.2, 0.25) is 0 Å². The van der Waals surface area contributed by atoms with Crippen molar-refractivity contribution in [2.75, 3.05) is 40.0 Å². The van der Waals surface area contributed by atoms with Crippen LogP contribution in [0.3, 0.4) is 0 Å². The summed E-state index contributed by atoms with van der Waals surface area (Å²) >= 11 is 0. The lowest BCUT2D eigenvalue weighted by atomic mass is 9.94. The highest BCUT2D eigenvalue weighted by atomic mass is 127. The molecule has 0 unspecified atom stereocenters. The van der Waals surface area contributed by atoms with E-state index in [1.165, 1.54) is 0 Å². The molecule has 0 saturated carbocycles. The minimum absolute atomic E-state index is 0. The van der Waals surface area contributed by atoms with Gasteiger partial charge >= 0.3 is 6.09 Å². The Morgan fingerprint density at radius 3 is 2.25 bits per heavy atom. The van der Waals surface area contributed by atoms with Gasteiger partial charge in [-0.05, 0) is 41.5 Å². The topological polar surface area (TPSA) is 93.2 Å². The highest BCUT2D eigenvalue weighted by Gasteiger charge is 2.32. The quantitative estimate of drug-likeness (QED) is 0.275. The van der Waals surface area contributed by atoms with Crippen LogP contribution in [0.4, 0.5) is 4.79 Å². The minimum Gasteiger partial charge on any atom is -0.444 e. The summed E-state index contributed by atoms with van der Waals surface area (Å²) in [7, 11) is 1.74. The third kappa shape index (κ3) is 10.7. The van der Waals surface area contributed by atoms with E-state index in [1.54, 1.807) is 7.11 Å². The zero-order valence-corrected chi connectivity index (χ0v) is 20.8. The molecular weight excluding hydrogens is 475 g/mol. The van der Waals surface area contributed by atoms with Crippen molar-refractivity contribution in [3.8, 4) is 0 Å². The van der Waals surface area contributed by atoms with Gasteiger partial charge in [-0.3, -0.25) is 4.99 Å². The third-order valence-corrected chi connectivity index (χ3v) is 4.23. The van der Waals surface area contributed by atoms with Crippen molar-refractivity contribution in [1.29, 1.82) is 0 Å². The van der Waals surface area contributed by atoms with Crippen LogP contribution in [0, 0.1) is 0 Å². The molecule has 1 saturated heterocycles. The normalized spacial score (nSPS) is 17.3. The molecule has 166 valence electrons. The van der Waals surface area contributed by atoms with Crippen LogP contribution < -0.4 is 16.0 Å². The number of aliphatic imine (C=N–C) groups is 1. The molecule has 9 heteroatoms. The first kappa shape index (κ1) is 27.2. The van der Waals surface area contributed by atoms with E-state index in [0.717, 1.165) is 19.4 Å². The van der Waals surface area contributed by atoms with E-state index in [2.05, 4.69) is 20.9 Å². The Balaban J connectivity index is 0.00000729. The molecule has 0 bridgehead atoms. The van der Waals surface area contributed by atoms with Gasteiger partial charge in [0, 0.05) is 46.3 Å². The lowest BCUT2D eigenvalue weighted by Crippen LogP contribution is -2.52. The van der Waals surface area contributed by atoms with Gasteiger partial charge in [-0.25, -0.2) is 4.79 Å². The molecule has 0 radical (unpaired) electrons. The summed E-state index contributed by atoms with van der Waals surface area (Å²) in [6.07, 6.45) is 1.25. The molecule has 8 nitrogen and oxygen atoms in total. The second kappa shape index (κ2) is 12.0. The Morgan fingerprint density at radius 1 is 1.14 bits per heavy atom. The van der Waals surface area contributed by atoms with Crippen LogP contribution in [0.25, 0.3) is 0 Å². The second-order valence-electron chi connectivity index (χ2n) is 8.56. The molecule has 0 spiro atoms. The first-order valence-corrected chi connectivity index (χ1v) is 9.67. The molecule has 1 fully saturated rings. The van der Waals surface area contributed by atoms with E-state index in [9.17, 15) is 4.79 Å². The summed E-state index contributed by atoms with van der Waals surface area (Å²) in [6, 6.07) is 0. The molecular formula is C19H39IN4O4. The Bertz CT molecular complexity index is 501. The SMILES string of the molecule is CCNC(=NCC(C)(C)NC(=O)OC(C)(C)C)NCC1(OC)CCOCC1.I. The van der Waals surface area contributed by atoms with Crippen LogP contribution in [-0.4, -0.2) is 68.8 Å². The largest absolute Gasteiger partial charge is 0.444 e. The van der Waals surface area contributed by atoms with Crippen molar-refractivity contribution >= 4 is 36.0 Å². The summed E-state index contributed by atoms with van der Waals surface area (Å²) < 4.78 is 16.5. The van der Waals surface area contributed by atoms with Gasteiger partial charge in [0.05, 0.1) is 17.7 Å². The zero-order valence-electron chi connectivity index (χ0n) is 18.4. The van der Waals surface area contributed by atoms with Gasteiger partial charge in [-0.15, -0.1) is 24.0 Å². The standard InChI is InChI=1S/C19H38N4O4.HI/c1-8-20-15(22-14-19(25-7)9-11-26-12-10-19)21-13-18(5,6)23-16(24)27-17(2,3)4;/h8-14H2,1-7H3,(H,23,24)(H2,20,21,22);1H. The fourth-order valence-electron chi connectivity index (χ4n) is 2.68. The van der Waals surface area contributed by atoms with Gasteiger partial charge in [0.15, 0.2) is 5.96 Å². The molecule has 1 aliphatic heterocycles. The number of carbonyl (C=O) groups is 1. The number of guanidine groups is 1. The third-order valence-electron chi connectivity index (χ3n) is 4.23. The predicted octanol–water partition coefficient (Wildman–Crippen LogP) is 2.66. The Kier molecular flexibility index (Phi) is 11.7. The maximum absolute atomic E-state index is 12.0. The average molecular weight is 514 g/mol. The summed E-state index contributed by atoms with van der Waals surface area (Å²) in [4.78, 5) is 16.6. The molecule has 0 aromatic heterocycles. The summed E-state index contributed by atoms with van der Waals surface area (Å²) in [5, 5.41) is 9.47. The van der Waals surface area contributed by atoms with Gasteiger partial charge in [0.2, 0.25) is 0 Å². The highest BCUT2D eigenvalue weighted by Crippen LogP contribution is 2.23. The highest BCUT2D eigenvalue weighted by molar-refractivity contribution is 14.0. The van der Waals surface area contributed by atoms with Crippen molar-refractivity contribution in [2.45, 2.75) is 71.1 Å². The number of halogens is 1. The van der Waals surface area contributed by atoms with Crippen molar-refractivity contribution < 1.29 is 19.0 Å². The molecule has 1 heterocycles. The number of rotatable bonds is 7. The van der Waals surface area contributed by atoms with E-state index in [1.807, 2.05) is 41.5 Å². The van der Waals surface area contributed by atoms with Crippen molar-refractivity contribution in [3.63, 3.8) is 0 Å². The molecule has 1 amide bonds. The molecule has 0 aliphatic carbocycles. The van der Waals surface area contributed by atoms with E-state index in [4.69, 9.17) is 14.2 Å². The van der Waals surface area contributed by atoms with Crippen molar-refractivity contribution in [1.82, 2.24) is 16.0 Å². The van der Waals surface area contributed by atoms with E-state index in [-0.39, 0.29) is 29.6 Å². The van der Waals surface area contributed by atoms with Gasteiger partial charge in [0.1, 0.15) is 5.60 Å². The molecule has 1 rings (SSSR count). The molecule has 0 aromatic rings. The predicted molar refractivity (Wildman–Crippen MR) is 123 cm³/mol. The number of amides is 1. The number of alkyl carbamates (subject to hydrolysis) is 1. The first-order valence-electron chi connectivity index (χ1n) is 9.67. The molecule has 0 aromatic carbocycles. The van der Waals surface area contributed by atoms with E-state index < -0.39 is 17.2 Å². The van der Waals surface area contributed by atoms with Crippen LogP contribution >= 0.6 is 24.0 Å². The Morgan fingerprint density at radius 2 is 1.75 bits per heavy atom. The summed E-state index contributed by atoms with van der Waals surface area (Å²) in [5.74, 6) is 0.694. The number of hydrogen-bond acceptors (Lipinski definition) is 5. The molecule has 0 atom stereocenters. The van der Waals surface area contributed by atoms with Crippen LogP contribution in [0.1, 0.15) is 54.4 Å². The minimum atomic E-state index is -0.539. The molecule has 3 N–H and O–H groups in total. The fourth-order valence-corrected chi connectivity index (χ4v) is 2.68. The number of ether oxygens (including phenoxy) is 3. The maximum Gasteiger partial charge on any atom is 0.408 e. The number of nitrogens with zero attached hydrogens (tertiary/aromatic N) is 1. The zero-order chi connectivity index (χ0) is 20.6. The number of nitrogens with one attached hydrogen (secondary N) is 3. The average Bonchev–Trinajstić information content (AvgIpc) is 2.56. The lowest BCUT2D eigenvalue weighted by molar-refractivity contribution is -0.0855. The Hall–Kier alpha value is -0.810. The van der Waals surface area contributed by atoms with Gasteiger partial charge in [-0.2, -0.15) is 0 Å². The second-order valence-corrected chi connectivity index (χ2v) is 8.56. The van der Waals surface area contributed by atoms with Gasteiger partial charge < -0.3 is 30.2 Å². The van der Waals surface area contributed by atoms with Gasteiger partial charge in [0.25, 0.3) is 0 Å². The van der Waals surface area contributed by atoms with E-state index >= 15 is 0 Å². The maximum atomic E-state index is 12.0. The molecule has 1 aliphatic rings. The lowest BCUT2D eigenvalue weighted by Gasteiger charge is -2.36. The fraction of sp³-hybridized carbons (Fsp3) is 0.895. The first-order chi connectivity index (χ1) is 12.5. The number of methoxy groups -OCH3 is 1. The number of hydrogen-bond donors (Lipinski definition) is 3. The van der Waals surface area contributed by atoms with E-state index in [0.29, 0.717) is 32.3 Å². The summed E-state index contributed by atoms with van der Waals surface area (Å²) in [5.41, 5.74) is -1.31. The van der Waals surface area contributed by atoms with Crippen LogP contribution in [-0.2, 0) is 14.2 Å². The van der Waals surface area contributed by atoms with Crippen LogP contribution in [0.15, 0.2) is 4.99 Å². The smallest absolute Gasteiger partial charge is 0.408 e. The van der Waals surface area contributed by atoms with Crippen molar-refractivity contribution in [2.24, 2.45) is 4.99 Å². The monoisotopic (exact) mass is 514 g/mol. The molecule has 28 heavy (non-hydrogen) atoms.